The average molecular weight is 347 g/mol. The molecule has 1 N–H and O–H groups in total. The smallest absolute Gasteiger partial charge is 0.275 e. The van der Waals surface area contributed by atoms with E-state index in [4.69, 9.17) is 0 Å². The van der Waals surface area contributed by atoms with Gasteiger partial charge in [-0.1, -0.05) is 18.3 Å². The van der Waals surface area contributed by atoms with Gasteiger partial charge >= 0.3 is 0 Å². The third-order valence-electron chi connectivity index (χ3n) is 5.88. The van der Waals surface area contributed by atoms with Crippen molar-refractivity contribution in [2.45, 2.75) is 39.7 Å². The van der Waals surface area contributed by atoms with Gasteiger partial charge in [0.1, 0.15) is 5.01 Å². The van der Waals surface area contributed by atoms with E-state index in [0.29, 0.717) is 16.3 Å². The van der Waals surface area contributed by atoms with Crippen molar-refractivity contribution in [1.82, 2.24) is 24.8 Å². The van der Waals surface area contributed by atoms with Crippen molar-refractivity contribution >= 4 is 16.3 Å². The molecule has 2 aliphatic heterocycles. The minimum absolute atomic E-state index is 0.0827. The van der Waals surface area contributed by atoms with Crippen LogP contribution in [0.15, 0.2) is 10.9 Å². The zero-order valence-electron chi connectivity index (χ0n) is 14.4. The molecule has 0 radical (unpaired) electrons. The Morgan fingerprint density at radius 1 is 1.38 bits per heavy atom. The van der Waals surface area contributed by atoms with Crippen molar-refractivity contribution in [2.24, 2.45) is 11.3 Å². The van der Waals surface area contributed by atoms with Crippen LogP contribution < -0.4 is 10.9 Å². The number of nitrogens with zero attached hydrogens (tertiary/aromatic N) is 4. The van der Waals surface area contributed by atoms with Gasteiger partial charge in [0.15, 0.2) is 0 Å². The fourth-order valence-corrected chi connectivity index (χ4v) is 5.31. The molecule has 2 aromatic heterocycles. The molecule has 0 amide bonds. The third kappa shape index (κ3) is 2.89. The molecule has 4 heterocycles. The Kier molecular flexibility index (Phi) is 4.18. The van der Waals surface area contributed by atoms with Gasteiger partial charge in [0.05, 0.1) is 6.54 Å². The Labute approximate surface area is 145 Å². The predicted octanol–water partition coefficient (Wildman–Crippen LogP) is 1.67. The highest BCUT2D eigenvalue weighted by atomic mass is 32.1. The van der Waals surface area contributed by atoms with Crippen LogP contribution in [-0.4, -0.2) is 45.7 Å². The van der Waals surface area contributed by atoms with Gasteiger partial charge in [-0.3, -0.25) is 9.69 Å². The van der Waals surface area contributed by atoms with E-state index in [2.05, 4.69) is 27.2 Å². The number of fused-ring (bicyclic) bond motifs is 1. The quantitative estimate of drug-likeness (QED) is 0.895. The fraction of sp³-hybridized carbons (Fsp3) is 0.706. The summed E-state index contributed by atoms with van der Waals surface area (Å²) in [7, 11) is 0. The normalized spacial score (nSPS) is 24.7. The fourth-order valence-electron chi connectivity index (χ4n) is 4.33. The molecule has 7 heteroatoms. The number of hydrogen-bond donors (Lipinski definition) is 1. The van der Waals surface area contributed by atoms with E-state index in [9.17, 15) is 4.79 Å². The molecule has 24 heavy (non-hydrogen) atoms. The zero-order valence-corrected chi connectivity index (χ0v) is 15.2. The Morgan fingerprint density at radius 3 is 2.92 bits per heavy atom. The van der Waals surface area contributed by atoms with Crippen LogP contribution in [0.25, 0.3) is 4.96 Å². The second-order valence-corrected chi connectivity index (χ2v) is 8.46. The van der Waals surface area contributed by atoms with E-state index >= 15 is 0 Å². The lowest BCUT2D eigenvalue weighted by Gasteiger charge is -2.49. The SMILES string of the molecule is Cc1cc(=O)n2nc(CN3CCC4(CCNCC4)C(C)C3)sc2n1. The summed E-state index contributed by atoms with van der Waals surface area (Å²) < 4.78 is 1.44. The topological polar surface area (TPSA) is 62.5 Å². The molecule has 1 spiro atoms. The van der Waals surface area contributed by atoms with Gasteiger partial charge in [0.25, 0.3) is 5.56 Å². The molecular formula is C17H25N5OS. The van der Waals surface area contributed by atoms with Crippen LogP contribution in [0.4, 0.5) is 0 Å². The predicted molar refractivity (Wildman–Crippen MR) is 95.5 cm³/mol. The lowest BCUT2D eigenvalue weighted by molar-refractivity contribution is 0.0136. The summed E-state index contributed by atoms with van der Waals surface area (Å²) in [5.74, 6) is 0.714. The molecule has 1 atom stereocenters. The van der Waals surface area contributed by atoms with Crippen molar-refractivity contribution in [3.05, 3.63) is 27.1 Å². The maximum atomic E-state index is 12.0. The van der Waals surface area contributed by atoms with Gasteiger partial charge in [-0.15, -0.1) is 0 Å². The van der Waals surface area contributed by atoms with Crippen LogP contribution in [-0.2, 0) is 6.54 Å². The molecule has 4 rings (SSSR count). The van der Waals surface area contributed by atoms with E-state index in [1.54, 1.807) is 6.07 Å². The summed E-state index contributed by atoms with van der Waals surface area (Å²) in [6.45, 7) is 9.66. The Morgan fingerprint density at radius 2 is 2.17 bits per heavy atom. The molecule has 1 unspecified atom stereocenters. The van der Waals surface area contributed by atoms with Crippen molar-refractivity contribution in [3.8, 4) is 0 Å². The molecule has 2 aliphatic rings. The molecule has 2 saturated heterocycles. The Balaban J connectivity index is 1.48. The standard InChI is InChI=1S/C17H25N5OS/c1-12-10-21(8-5-17(12)3-6-18-7-4-17)11-14-20-22-15(23)9-13(2)19-16(22)24-14/h9,12,18H,3-8,10-11H2,1-2H3. The van der Waals surface area contributed by atoms with Crippen LogP contribution in [0, 0.1) is 18.3 Å². The van der Waals surface area contributed by atoms with Crippen LogP contribution in [0.1, 0.15) is 36.9 Å². The van der Waals surface area contributed by atoms with Crippen LogP contribution in [0.3, 0.4) is 0 Å². The summed E-state index contributed by atoms with van der Waals surface area (Å²) >= 11 is 1.54. The van der Waals surface area contributed by atoms with Gasteiger partial charge < -0.3 is 5.32 Å². The number of rotatable bonds is 2. The van der Waals surface area contributed by atoms with Gasteiger partial charge in [-0.2, -0.15) is 9.61 Å². The van der Waals surface area contributed by atoms with E-state index in [1.807, 2.05) is 6.92 Å². The van der Waals surface area contributed by atoms with Gasteiger partial charge in [0.2, 0.25) is 4.96 Å². The average Bonchev–Trinajstić information content (AvgIpc) is 2.95. The number of likely N-dealkylation sites (tertiary alicyclic amines) is 1. The first kappa shape index (κ1) is 16.2. The molecule has 2 fully saturated rings. The molecular weight excluding hydrogens is 322 g/mol. The lowest BCUT2D eigenvalue weighted by Crippen LogP contribution is -2.50. The first-order chi connectivity index (χ1) is 11.6. The Bertz CT molecular complexity index is 792. The maximum Gasteiger partial charge on any atom is 0.275 e. The number of piperidine rings is 2. The van der Waals surface area contributed by atoms with Gasteiger partial charge in [-0.25, -0.2) is 4.98 Å². The van der Waals surface area contributed by atoms with Crippen molar-refractivity contribution < 1.29 is 0 Å². The molecule has 0 saturated carbocycles. The summed E-state index contributed by atoms with van der Waals surface area (Å²) in [5, 5.41) is 8.96. The van der Waals surface area contributed by atoms with Crippen LogP contribution in [0.5, 0.6) is 0 Å². The monoisotopic (exact) mass is 347 g/mol. The number of aromatic nitrogens is 3. The van der Waals surface area contributed by atoms with Crippen molar-refractivity contribution in [1.29, 1.82) is 0 Å². The second-order valence-electron chi connectivity index (χ2n) is 7.42. The highest BCUT2D eigenvalue weighted by Gasteiger charge is 2.41. The number of hydrogen-bond acceptors (Lipinski definition) is 6. The van der Waals surface area contributed by atoms with Gasteiger partial charge in [0, 0.05) is 18.3 Å². The third-order valence-corrected chi connectivity index (χ3v) is 6.77. The van der Waals surface area contributed by atoms with Crippen molar-refractivity contribution in [2.75, 3.05) is 26.2 Å². The lowest BCUT2D eigenvalue weighted by atomic mass is 9.65. The molecule has 0 bridgehead atoms. The van der Waals surface area contributed by atoms with E-state index < -0.39 is 0 Å². The van der Waals surface area contributed by atoms with E-state index in [-0.39, 0.29) is 5.56 Å². The maximum absolute atomic E-state index is 12.0. The summed E-state index contributed by atoms with van der Waals surface area (Å²) in [4.78, 5) is 19.6. The number of aryl methyl sites for hydroxylation is 1. The molecule has 0 aliphatic carbocycles. The van der Waals surface area contributed by atoms with Crippen LogP contribution in [0.2, 0.25) is 0 Å². The highest BCUT2D eigenvalue weighted by molar-refractivity contribution is 7.16. The minimum Gasteiger partial charge on any atom is -0.317 e. The molecule has 6 nitrogen and oxygen atoms in total. The van der Waals surface area contributed by atoms with Crippen molar-refractivity contribution in [3.63, 3.8) is 0 Å². The first-order valence-corrected chi connectivity index (χ1v) is 9.67. The minimum atomic E-state index is -0.0827. The Hall–Kier alpha value is -1.31. The van der Waals surface area contributed by atoms with E-state index in [0.717, 1.165) is 43.4 Å². The zero-order chi connectivity index (χ0) is 16.7. The summed E-state index contributed by atoms with van der Waals surface area (Å²) in [6, 6.07) is 1.54. The first-order valence-electron chi connectivity index (χ1n) is 8.85. The second kappa shape index (κ2) is 6.20. The largest absolute Gasteiger partial charge is 0.317 e. The molecule has 2 aromatic rings. The van der Waals surface area contributed by atoms with E-state index in [1.165, 1.54) is 35.1 Å². The van der Waals surface area contributed by atoms with Gasteiger partial charge in [-0.05, 0) is 57.2 Å². The highest BCUT2D eigenvalue weighted by Crippen LogP contribution is 2.43. The molecule has 0 aromatic carbocycles. The summed E-state index contributed by atoms with van der Waals surface area (Å²) in [6.07, 6.45) is 3.89. The molecule has 130 valence electrons. The number of nitrogens with one attached hydrogen (secondary N) is 1. The van der Waals surface area contributed by atoms with Crippen LogP contribution >= 0.6 is 11.3 Å². The summed E-state index contributed by atoms with van der Waals surface area (Å²) in [5.41, 5.74) is 1.21.